The van der Waals surface area contributed by atoms with Gasteiger partial charge in [0.1, 0.15) is 11.4 Å². The van der Waals surface area contributed by atoms with Crippen LogP contribution in [-0.4, -0.2) is 39.5 Å². The summed E-state index contributed by atoms with van der Waals surface area (Å²) in [6.07, 6.45) is 1.43. The third kappa shape index (κ3) is 3.83. The minimum absolute atomic E-state index is 0.332. The highest BCUT2D eigenvalue weighted by molar-refractivity contribution is 5.78. The van der Waals surface area contributed by atoms with Crippen LogP contribution < -0.4 is 4.90 Å². The molecule has 3 aromatic rings. The van der Waals surface area contributed by atoms with Crippen LogP contribution in [0.5, 0.6) is 0 Å². The van der Waals surface area contributed by atoms with Crippen molar-refractivity contribution in [2.24, 2.45) is 0 Å². The Balaban J connectivity index is 1.80. The van der Waals surface area contributed by atoms with Crippen LogP contribution >= 0.6 is 0 Å². The smallest absolute Gasteiger partial charge is 0.246 e. The number of aryl methyl sites for hydroxylation is 2. The topological polar surface area (TPSA) is 62.1 Å². The molecule has 1 atom stereocenters. The Labute approximate surface area is 159 Å². The number of aromatic nitrogens is 3. The molecule has 5 heteroatoms. The first kappa shape index (κ1) is 17.6. The first-order valence-corrected chi connectivity index (χ1v) is 9.42. The van der Waals surface area contributed by atoms with Crippen molar-refractivity contribution in [2.45, 2.75) is 32.8 Å². The van der Waals surface area contributed by atoms with Crippen molar-refractivity contribution in [3.05, 3.63) is 59.7 Å². The summed E-state index contributed by atoms with van der Waals surface area (Å²) in [7, 11) is 0. The second kappa shape index (κ2) is 7.45. The Morgan fingerprint density at radius 2 is 1.44 bits per heavy atom. The summed E-state index contributed by atoms with van der Waals surface area (Å²) in [5.74, 6) is 0.584. The van der Waals surface area contributed by atoms with Gasteiger partial charge >= 0.3 is 0 Å². The van der Waals surface area contributed by atoms with Crippen LogP contribution in [0.25, 0.3) is 22.5 Å². The monoisotopic (exact) mass is 360 g/mol. The number of aliphatic hydroxyl groups is 1. The van der Waals surface area contributed by atoms with Crippen LogP contribution in [0.1, 0.15) is 24.0 Å². The Kier molecular flexibility index (Phi) is 4.86. The van der Waals surface area contributed by atoms with Gasteiger partial charge in [-0.2, -0.15) is 0 Å². The van der Waals surface area contributed by atoms with E-state index in [1.165, 1.54) is 11.1 Å². The van der Waals surface area contributed by atoms with E-state index in [-0.39, 0.29) is 6.10 Å². The van der Waals surface area contributed by atoms with Gasteiger partial charge in [-0.05, 0) is 26.7 Å². The van der Waals surface area contributed by atoms with E-state index in [1.54, 1.807) is 0 Å². The minimum atomic E-state index is -0.332. The van der Waals surface area contributed by atoms with E-state index < -0.39 is 0 Å². The molecule has 2 heterocycles. The highest BCUT2D eigenvalue weighted by Gasteiger charge is 2.22. The molecule has 1 fully saturated rings. The van der Waals surface area contributed by atoms with E-state index in [2.05, 4.69) is 72.6 Å². The van der Waals surface area contributed by atoms with Gasteiger partial charge in [-0.15, -0.1) is 10.2 Å². The molecular weight excluding hydrogens is 336 g/mol. The number of benzene rings is 2. The van der Waals surface area contributed by atoms with Gasteiger partial charge in [-0.3, -0.25) is 0 Å². The summed E-state index contributed by atoms with van der Waals surface area (Å²) < 4.78 is 0. The zero-order valence-corrected chi connectivity index (χ0v) is 15.8. The quantitative estimate of drug-likeness (QED) is 0.770. The molecule has 0 spiro atoms. The highest BCUT2D eigenvalue weighted by Crippen LogP contribution is 2.30. The standard InChI is InChI=1S/C22H24N4O/c1-15-5-9-17(10-6-15)20-21(18-11-7-16(2)8-12-18)24-25-22(23-20)26-13-3-4-19(27)14-26/h5-12,19,27H,3-4,13-14H2,1-2H3. The molecule has 0 radical (unpaired) electrons. The van der Waals surface area contributed by atoms with E-state index >= 15 is 0 Å². The van der Waals surface area contributed by atoms with Gasteiger partial charge in [0.05, 0.1) is 6.10 Å². The van der Waals surface area contributed by atoms with Crippen molar-refractivity contribution in [2.75, 3.05) is 18.0 Å². The molecule has 1 aliphatic rings. The lowest BCUT2D eigenvalue weighted by Gasteiger charge is -2.30. The van der Waals surface area contributed by atoms with Crippen LogP contribution in [0.4, 0.5) is 5.95 Å². The molecular formula is C22H24N4O. The maximum absolute atomic E-state index is 10.00. The van der Waals surface area contributed by atoms with Crippen molar-refractivity contribution in [1.82, 2.24) is 15.2 Å². The summed E-state index contributed by atoms with van der Waals surface area (Å²) in [5.41, 5.74) is 6.03. The summed E-state index contributed by atoms with van der Waals surface area (Å²) in [4.78, 5) is 6.90. The molecule has 0 bridgehead atoms. The van der Waals surface area contributed by atoms with Gasteiger partial charge in [0.15, 0.2) is 0 Å². The normalized spacial score (nSPS) is 17.1. The fraction of sp³-hybridized carbons (Fsp3) is 0.318. The maximum atomic E-state index is 10.00. The average molecular weight is 360 g/mol. The molecule has 0 saturated carbocycles. The largest absolute Gasteiger partial charge is 0.391 e. The van der Waals surface area contributed by atoms with Crippen LogP contribution in [0.2, 0.25) is 0 Å². The van der Waals surface area contributed by atoms with E-state index in [4.69, 9.17) is 4.98 Å². The molecule has 1 N–H and O–H groups in total. The zero-order chi connectivity index (χ0) is 18.8. The van der Waals surface area contributed by atoms with Gasteiger partial charge in [-0.1, -0.05) is 59.7 Å². The van der Waals surface area contributed by atoms with Gasteiger partial charge in [0.25, 0.3) is 0 Å². The fourth-order valence-electron chi connectivity index (χ4n) is 3.41. The van der Waals surface area contributed by atoms with Crippen LogP contribution in [-0.2, 0) is 0 Å². The van der Waals surface area contributed by atoms with Gasteiger partial charge in [0.2, 0.25) is 5.95 Å². The summed E-state index contributed by atoms with van der Waals surface area (Å²) in [5, 5.41) is 18.9. The van der Waals surface area contributed by atoms with Crippen LogP contribution in [0.3, 0.4) is 0 Å². The molecule has 4 rings (SSSR count). The van der Waals surface area contributed by atoms with Gasteiger partial charge in [-0.25, -0.2) is 4.98 Å². The first-order chi connectivity index (χ1) is 13.1. The highest BCUT2D eigenvalue weighted by atomic mass is 16.3. The maximum Gasteiger partial charge on any atom is 0.246 e. The number of piperidine rings is 1. The Morgan fingerprint density at radius 3 is 2.04 bits per heavy atom. The minimum Gasteiger partial charge on any atom is -0.391 e. The van der Waals surface area contributed by atoms with Crippen LogP contribution in [0.15, 0.2) is 48.5 Å². The van der Waals surface area contributed by atoms with E-state index in [9.17, 15) is 5.11 Å². The predicted molar refractivity (Wildman–Crippen MR) is 108 cm³/mol. The molecule has 2 aromatic carbocycles. The summed E-state index contributed by atoms with van der Waals surface area (Å²) >= 11 is 0. The fourth-order valence-corrected chi connectivity index (χ4v) is 3.41. The first-order valence-electron chi connectivity index (χ1n) is 9.42. The molecule has 1 saturated heterocycles. The second-order valence-corrected chi connectivity index (χ2v) is 7.28. The number of anilines is 1. The average Bonchev–Trinajstić information content (AvgIpc) is 2.69. The summed E-state index contributed by atoms with van der Waals surface area (Å²) in [6.45, 7) is 5.54. The zero-order valence-electron chi connectivity index (χ0n) is 15.8. The number of aliphatic hydroxyl groups excluding tert-OH is 1. The lowest BCUT2D eigenvalue weighted by Crippen LogP contribution is -2.39. The van der Waals surface area contributed by atoms with Crippen molar-refractivity contribution in [1.29, 1.82) is 0 Å². The van der Waals surface area contributed by atoms with Crippen LogP contribution in [0, 0.1) is 13.8 Å². The molecule has 5 nitrogen and oxygen atoms in total. The molecule has 0 aliphatic carbocycles. The number of nitrogens with zero attached hydrogens (tertiary/aromatic N) is 4. The lowest BCUT2D eigenvalue weighted by atomic mass is 10.0. The molecule has 1 aromatic heterocycles. The van der Waals surface area contributed by atoms with Crippen molar-refractivity contribution < 1.29 is 5.11 Å². The van der Waals surface area contributed by atoms with Crippen molar-refractivity contribution in [3.8, 4) is 22.5 Å². The third-order valence-electron chi connectivity index (χ3n) is 5.00. The molecule has 138 valence electrons. The number of rotatable bonds is 3. The van der Waals surface area contributed by atoms with Crippen molar-refractivity contribution >= 4 is 5.95 Å². The van der Waals surface area contributed by atoms with Gasteiger partial charge < -0.3 is 10.0 Å². The number of hydrogen-bond acceptors (Lipinski definition) is 5. The lowest BCUT2D eigenvalue weighted by molar-refractivity contribution is 0.153. The van der Waals surface area contributed by atoms with E-state index in [0.717, 1.165) is 41.9 Å². The Bertz CT molecular complexity index is 922. The predicted octanol–water partition coefficient (Wildman–Crippen LogP) is 3.78. The SMILES string of the molecule is Cc1ccc(-c2nnc(N3CCCC(O)C3)nc2-c2ccc(C)cc2)cc1. The Morgan fingerprint density at radius 1 is 0.852 bits per heavy atom. The van der Waals surface area contributed by atoms with Crippen molar-refractivity contribution in [3.63, 3.8) is 0 Å². The molecule has 0 amide bonds. The number of hydrogen-bond donors (Lipinski definition) is 1. The van der Waals surface area contributed by atoms with E-state index in [1.807, 2.05) is 4.90 Å². The summed E-state index contributed by atoms with van der Waals surface area (Å²) in [6, 6.07) is 16.6. The van der Waals surface area contributed by atoms with Gasteiger partial charge in [0, 0.05) is 24.2 Å². The molecule has 1 unspecified atom stereocenters. The third-order valence-corrected chi connectivity index (χ3v) is 5.00. The molecule has 27 heavy (non-hydrogen) atoms. The second-order valence-electron chi connectivity index (χ2n) is 7.28. The Hall–Kier alpha value is -2.79. The number of β-amino-alcohol motifs (C(OH)–C–C–N with tert-alkyl or cyclic N) is 1. The molecule has 1 aliphatic heterocycles. The van der Waals surface area contributed by atoms with E-state index in [0.29, 0.717) is 12.5 Å².